The van der Waals surface area contributed by atoms with Gasteiger partial charge in [-0.05, 0) is 68.5 Å². The number of halogens is 2. The second-order valence-electron chi connectivity index (χ2n) is 7.75. The molecule has 1 N–H and O–H groups in total. The molecule has 0 radical (unpaired) electrons. The molecule has 1 aliphatic heterocycles. The van der Waals surface area contributed by atoms with Crippen molar-refractivity contribution < 1.29 is 5.11 Å². The number of hydrogen-bond donors (Lipinski definition) is 1. The fourth-order valence-electron chi connectivity index (χ4n) is 3.54. The van der Waals surface area contributed by atoms with Crippen LogP contribution in [0.2, 0.25) is 10.0 Å². The first-order chi connectivity index (χ1) is 12.3. The van der Waals surface area contributed by atoms with Crippen LogP contribution in [0.15, 0.2) is 42.5 Å². The first-order valence-electron chi connectivity index (χ1n) is 9.36. The standard InChI is InChI=1S/C22H27Cl2NO/c1-16-9-12-25(13-10-16)14-11-22(2,26)18-5-3-17(4-6-18)20-8-7-19(23)15-21(20)24/h3-8,15-16,26H,9-14H2,1-2H3. The van der Waals surface area contributed by atoms with Gasteiger partial charge in [0.05, 0.1) is 5.60 Å². The van der Waals surface area contributed by atoms with E-state index in [-0.39, 0.29) is 0 Å². The lowest BCUT2D eigenvalue weighted by Gasteiger charge is -2.33. The van der Waals surface area contributed by atoms with Crippen LogP contribution in [0.1, 0.15) is 38.7 Å². The largest absolute Gasteiger partial charge is 0.385 e. The second-order valence-corrected chi connectivity index (χ2v) is 8.59. The van der Waals surface area contributed by atoms with Crippen molar-refractivity contribution in [3.63, 3.8) is 0 Å². The summed E-state index contributed by atoms with van der Waals surface area (Å²) in [7, 11) is 0. The maximum Gasteiger partial charge on any atom is 0.0880 e. The highest BCUT2D eigenvalue weighted by molar-refractivity contribution is 6.36. The van der Waals surface area contributed by atoms with Crippen molar-refractivity contribution in [3.8, 4) is 11.1 Å². The van der Waals surface area contributed by atoms with Gasteiger partial charge in [-0.3, -0.25) is 0 Å². The molecule has 1 heterocycles. The van der Waals surface area contributed by atoms with E-state index in [0.29, 0.717) is 10.0 Å². The zero-order valence-corrected chi connectivity index (χ0v) is 17.0. The van der Waals surface area contributed by atoms with Crippen LogP contribution >= 0.6 is 23.2 Å². The summed E-state index contributed by atoms with van der Waals surface area (Å²) in [5.74, 6) is 0.832. The molecule has 2 nitrogen and oxygen atoms in total. The summed E-state index contributed by atoms with van der Waals surface area (Å²) in [5.41, 5.74) is 2.09. The third-order valence-electron chi connectivity index (χ3n) is 5.54. The summed E-state index contributed by atoms with van der Waals surface area (Å²) in [4.78, 5) is 2.47. The van der Waals surface area contributed by atoms with Crippen LogP contribution in [0.25, 0.3) is 11.1 Å². The van der Waals surface area contributed by atoms with Crippen molar-refractivity contribution in [3.05, 3.63) is 58.1 Å². The molecule has 1 saturated heterocycles. The highest BCUT2D eigenvalue weighted by atomic mass is 35.5. The molecule has 26 heavy (non-hydrogen) atoms. The molecule has 1 atom stereocenters. The van der Waals surface area contributed by atoms with Crippen molar-refractivity contribution >= 4 is 23.2 Å². The quantitative estimate of drug-likeness (QED) is 0.676. The van der Waals surface area contributed by atoms with Gasteiger partial charge in [-0.2, -0.15) is 0 Å². The molecule has 2 aromatic carbocycles. The normalized spacial score (nSPS) is 18.7. The van der Waals surface area contributed by atoms with Crippen molar-refractivity contribution in [2.75, 3.05) is 19.6 Å². The van der Waals surface area contributed by atoms with E-state index in [9.17, 15) is 5.11 Å². The van der Waals surface area contributed by atoms with Crippen LogP contribution in [0.4, 0.5) is 0 Å². The molecule has 0 bridgehead atoms. The van der Waals surface area contributed by atoms with Gasteiger partial charge in [0.1, 0.15) is 0 Å². The van der Waals surface area contributed by atoms with Crippen molar-refractivity contribution in [1.29, 1.82) is 0 Å². The molecule has 0 saturated carbocycles. The molecule has 0 aromatic heterocycles. The zero-order chi connectivity index (χ0) is 18.7. The van der Waals surface area contributed by atoms with E-state index in [1.54, 1.807) is 6.07 Å². The second kappa shape index (κ2) is 8.31. The van der Waals surface area contributed by atoms with Crippen LogP contribution in [0.5, 0.6) is 0 Å². The van der Waals surface area contributed by atoms with Crippen LogP contribution in [0, 0.1) is 5.92 Å². The summed E-state index contributed by atoms with van der Waals surface area (Å²) < 4.78 is 0. The summed E-state index contributed by atoms with van der Waals surface area (Å²) in [5, 5.41) is 12.2. The Balaban J connectivity index is 1.66. The van der Waals surface area contributed by atoms with E-state index < -0.39 is 5.60 Å². The van der Waals surface area contributed by atoms with Gasteiger partial charge >= 0.3 is 0 Å². The number of aliphatic hydroxyl groups is 1. The molecule has 2 aromatic rings. The van der Waals surface area contributed by atoms with Gasteiger partial charge in [0.15, 0.2) is 0 Å². The van der Waals surface area contributed by atoms with Crippen LogP contribution < -0.4 is 0 Å². The van der Waals surface area contributed by atoms with Gasteiger partial charge in [-0.15, -0.1) is 0 Å². The molecular formula is C22H27Cl2NO. The first kappa shape index (κ1) is 19.7. The van der Waals surface area contributed by atoms with Gasteiger partial charge < -0.3 is 10.0 Å². The van der Waals surface area contributed by atoms with E-state index in [0.717, 1.165) is 48.7 Å². The third kappa shape index (κ3) is 4.80. The maximum absolute atomic E-state index is 11.0. The van der Waals surface area contributed by atoms with E-state index in [1.165, 1.54) is 12.8 Å². The third-order valence-corrected chi connectivity index (χ3v) is 6.09. The summed E-state index contributed by atoms with van der Waals surface area (Å²) in [6.07, 6.45) is 3.26. The molecule has 0 amide bonds. The Hall–Kier alpha value is -1.06. The fourth-order valence-corrected chi connectivity index (χ4v) is 4.06. The molecule has 1 fully saturated rings. The minimum absolute atomic E-state index is 0.630. The van der Waals surface area contributed by atoms with Crippen molar-refractivity contribution in [2.45, 2.75) is 38.7 Å². The lowest BCUT2D eigenvalue weighted by Crippen LogP contribution is -2.36. The topological polar surface area (TPSA) is 23.5 Å². The minimum Gasteiger partial charge on any atom is -0.385 e. The van der Waals surface area contributed by atoms with Gasteiger partial charge in [-0.1, -0.05) is 60.5 Å². The molecular weight excluding hydrogens is 365 g/mol. The number of piperidine rings is 1. The maximum atomic E-state index is 11.0. The Bertz CT molecular complexity index is 734. The minimum atomic E-state index is -0.828. The Morgan fingerprint density at radius 2 is 1.73 bits per heavy atom. The van der Waals surface area contributed by atoms with Gasteiger partial charge in [0, 0.05) is 22.2 Å². The molecule has 0 spiro atoms. The van der Waals surface area contributed by atoms with Crippen LogP contribution in [0.3, 0.4) is 0 Å². The van der Waals surface area contributed by atoms with E-state index >= 15 is 0 Å². The molecule has 140 valence electrons. The number of rotatable bonds is 5. The molecule has 0 aliphatic carbocycles. The SMILES string of the molecule is CC1CCN(CCC(C)(O)c2ccc(-c3ccc(Cl)cc3Cl)cc2)CC1. The summed E-state index contributed by atoms with van der Waals surface area (Å²) in [6.45, 7) is 7.45. The van der Waals surface area contributed by atoms with Crippen LogP contribution in [-0.2, 0) is 5.60 Å². The molecule has 3 rings (SSSR count). The monoisotopic (exact) mass is 391 g/mol. The van der Waals surface area contributed by atoms with Gasteiger partial charge in [0.25, 0.3) is 0 Å². The zero-order valence-electron chi connectivity index (χ0n) is 15.5. The summed E-state index contributed by atoms with van der Waals surface area (Å²) in [6, 6.07) is 13.5. The van der Waals surface area contributed by atoms with Gasteiger partial charge in [-0.25, -0.2) is 0 Å². The highest BCUT2D eigenvalue weighted by Crippen LogP contribution is 2.32. The Kier molecular flexibility index (Phi) is 6.29. The highest BCUT2D eigenvalue weighted by Gasteiger charge is 2.25. The van der Waals surface area contributed by atoms with E-state index in [2.05, 4.69) is 11.8 Å². The average molecular weight is 392 g/mol. The summed E-state index contributed by atoms with van der Waals surface area (Å²) >= 11 is 12.3. The van der Waals surface area contributed by atoms with Crippen molar-refractivity contribution in [2.24, 2.45) is 5.92 Å². The Labute approximate surface area is 166 Å². The Morgan fingerprint density at radius 3 is 2.35 bits per heavy atom. The van der Waals surface area contributed by atoms with Gasteiger partial charge in [0.2, 0.25) is 0 Å². The fraction of sp³-hybridized carbons (Fsp3) is 0.455. The number of hydrogen-bond acceptors (Lipinski definition) is 2. The first-order valence-corrected chi connectivity index (χ1v) is 10.1. The molecule has 1 aliphatic rings. The van der Waals surface area contributed by atoms with E-state index in [4.69, 9.17) is 23.2 Å². The lowest BCUT2D eigenvalue weighted by molar-refractivity contribution is 0.0320. The number of likely N-dealkylation sites (tertiary alicyclic amines) is 1. The molecule has 4 heteroatoms. The predicted molar refractivity (Wildman–Crippen MR) is 111 cm³/mol. The predicted octanol–water partition coefficient (Wildman–Crippen LogP) is 5.99. The lowest BCUT2D eigenvalue weighted by atomic mass is 9.90. The van der Waals surface area contributed by atoms with Crippen LogP contribution in [-0.4, -0.2) is 29.6 Å². The average Bonchev–Trinajstić information content (AvgIpc) is 2.61. The number of nitrogens with zero attached hydrogens (tertiary/aromatic N) is 1. The smallest absolute Gasteiger partial charge is 0.0880 e. The Morgan fingerprint density at radius 1 is 1.08 bits per heavy atom. The number of benzene rings is 2. The molecule has 1 unspecified atom stereocenters. The van der Waals surface area contributed by atoms with E-state index in [1.807, 2.05) is 43.3 Å². The van der Waals surface area contributed by atoms with Crippen molar-refractivity contribution in [1.82, 2.24) is 4.90 Å².